The third-order valence-corrected chi connectivity index (χ3v) is 2.68. The second kappa shape index (κ2) is 7.23. The van der Waals surface area contributed by atoms with Gasteiger partial charge in [-0.3, -0.25) is 4.79 Å². The maximum atomic E-state index is 11.3. The molecule has 0 aliphatic heterocycles. The van der Waals surface area contributed by atoms with Crippen molar-refractivity contribution in [2.24, 2.45) is 5.73 Å². The predicted octanol–water partition coefficient (Wildman–Crippen LogP) is 1.05. The third kappa shape index (κ3) is 6.51. The summed E-state index contributed by atoms with van der Waals surface area (Å²) in [6, 6.07) is 0. The first-order valence-corrected chi connectivity index (χ1v) is 6.49. The van der Waals surface area contributed by atoms with Crippen molar-refractivity contribution in [3.05, 3.63) is 0 Å². The molecule has 0 saturated carbocycles. The Morgan fingerprint density at radius 1 is 1.20 bits per heavy atom. The summed E-state index contributed by atoms with van der Waals surface area (Å²) < 4.78 is 5.04. The van der Waals surface area contributed by atoms with E-state index in [0.717, 1.165) is 6.92 Å². The molecule has 20 heavy (non-hydrogen) atoms. The van der Waals surface area contributed by atoms with Crippen LogP contribution in [-0.4, -0.2) is 40.6 Å². The molecule has 7 heteroatoms. The normalized spacial score (nSPS) is 14.2. The fourth-order valence-corrected chi connectivity index (χ4v) is 1.47. The van der Waals surface area contributed by atoms with Crippen LogP contribution in [0.1, 0.15) is 47.0 Å². The molecule has 0 spiro atoms. The molecule has 0 rings (SSSR count). The van der Waals surface area contributed by atoms with Gasteiger partial charge in [-0.1, -0.05) is 0 Å². The van der Waals surface area contributed by atoms with Crippen molar-refractivity contribution in [1.82, 2.24) is 5.32 Å². The maximum absolute atomic E-state index is 11.3. The summed E-state index contributed by atoms with van der Waals surface area (Å²) in [7, 11) is 0. The van der Waals surface area contributed by atoms with E-state index < -0.39 is 29.0 Å². The Bertz CT molecular complexity index is 359. The lowest BCUT2D eigenvalue weighted by molar-refractivity contribution is -0.148. The molecule has 1 atom stereocenters. The molecule has 0 heterocycles. The van der Waals surface area contributed by atoms with Gasteiger partial charge in [-0.2, -0.15) is 0 Å². The van der Waals surface area contributed by atoms with Gasteiger partial charge in [0.1, 0.15) is 5.60 Å². The van der Waals surface area contributed by atoms with Gasteiger partial charge in [-0.15, -0.1) is 0 Å². The number of amides is 1. The van der Waals surface area contributed by atoms with Gasteiger partial charge in [0, 0.05) is 6.54 Å². The van der Waals surface area contributed by atoms with Gasteiger partial charge in [-0.05, 0) is 47.0 Å². The van der Waals surface area contributed by atoms with E-state index >= 15 is 0 Å². The molecule has 0 aromatic carbocycles. The van der Waals surface area contributed by atoms with Crippen LogP contribution in [0.4, 0.5) is 4.79 Å². The van der Waals surface area contributed by atoms with Crippen molar-refractivity contribution in [2.75, 3.05) is 6.54 Å². The summed E-state index contributed by atoms with van der Waals surface area (Å²) in [5.74, 6) is -1.91. The van der Waals surface area contributed by atoms with Crippen LogP contribution in [0.3, 0.4) is 0 Å². The molecule has 116 valence electrons. The topological polar surface area (TPSA) is 119 Å². The fraction of sp³-hybridized carbons (Fsp3) is 0.769. The number of hydrogen-bond acceptors (Lipinski definition) is 5. The predicted molar refractivity (Wildman–Crippen MR) is 73.3 cm³/mol. The highest BCUT2D eigenvalue weighted by Gasteiger charge is 2.38. The maximum Gasteiger partial charge on any atom is 0.407 e. The first-order chi connectivity index (χ1) is 8.99. The molecule has 0 radical (unpaired) electrons. The van der Waals surface area contributed by atoms with Gasteiger partial charge in [0.25, 0.3) is 0 Å². The van der Waals surface area contributed by atoms with Crippen molar-refractivity contribution in [3.63, 3.8) is 0 Å². The number of nitrogens with one attached hydrogen (secondary N) is 1. The highest BCUT2D eigenvalue weighted by Crippen LogP contribution is 2.13. The van der Waals surface area contributed by atoms with Crippen LogP contribution in [0.5, 0.6) is 0 Å². The smallest absolute Gasteiger partial charge is 0.407 e. The lowest BCUT2D eigenvalue weighted by Gasteiger charge is -2.21. The summed E-state index contributed by atoms with van der Waals surface area (Å²) in [4.78, 5) is 33.5. The fourth-order valence-electron chi connectivity index (χ4n) is 1.47. The second-order valence-electron chi connectivity index (χ2n) is 5.72. The summed E-state index contributed by atoms with van der Waals surface area (Å²) in [6.07, 6.45) is 0.436. The molecule has 1 amide bonds. The van der Waals surface area contributed by atoms with E-state index in [1.165, 1.54) is 0 Å². The number of rotatable bonds is 7. The number of hydrogen-bond donors (Lipinski definition) is 3. The number of aliphatic carboxylic acids is 1. The number of ketones is 1. The third-order valence-electron chi connectivity index (χ3n) is 2.68. The second-order valence-corrected chi connectivity index (χ2v) is 5.72. The molecule has 0 aromatic heterocycles. The standard InChI is InChI=1S/C13H24N2O5/c1-9(16)13(14,10(17)18)7-5-6-8-15-11(19)20-12(2,3)4/h5-8,14H2,1-4H3,(H,15,19)(H,17,18)/t13-/m1/s1. The quantitative estimate of drug-likeness (QED) is 0.476. The van der Waals surface area contributed by atoms with Crippen LogP contribution < -0.4 is 11.1 Å². The van der Waals surface area contributed by atoms with Gasteiger partial charge in [-0.25, -0.2) is 9.59 Å². The van der Waals surface area contributed by atoms with Crippen molar-refractivity contribution >= 4 is 17.8 Å². The first-order valence-electron chi connectivity index (χ1n) is 6.49. The number of carboxylic acids is 1. The zero-order valence-corrected chi connectivity index (χ0v) is 12.5. The average Bonchev–Trinajstić information content (AvgIpc) is 2.25. The molecule has 4 N–H and O–H groups in total. The lowest BCUT2D eigenvalue weighted by atomic mass is 9.90. The summed E-state index contributed by atoms with van der Waals surface area (Å²) in [6.45, 7) is 6.77. The number of carboxylic acid groups (broad SMARTS) is 1. The number of Topliss-reactive ketones (excluding diaryl/α,β-unsaturated/α-hetero) is 1. The van der Waals surface area contributed by atoms with E-state index in [1.807, 2.05) is 0 Å². The SMILES string of the molecule is CC(=O)[C@](N)(CCCCNC(=O)OC(C)(C)C)C(=O)O. The number of unbranched alkanes of at least 4 members (excludes halogenated alkanes) is 1. The minimum atomic E-state index is -1.84. The lowest BCUT2D eigenvalue weighted by Crippen LogP contribution is -2.53. The number of nitrogens with two attached hydrogens (primary N) is 1. The van der Waals surface area contributed by atoms with E-state index in [2.05, 4.69) is 5.32 Å². The Morgan fingerprint density at radius 3 is 2.15 bits per heavy atom. The molecule has 7 nitrogen and oxygen atoms in total. The van der Waals surface area contributed by atoms with Crippen molar-refractivity contribution in [2.45, 2.75) is 58.1 Å². The Labute approximate surface area is 118 Å². The molecule has 0 aliphatic carbocycles. The number of ether oxygens (including phenoxy) is 1. The van der Waals surface area contributed by atoms with Crippen LogP contribution in [-0.2, 0) is 14.3 Å². The minimum absolute atomic E-state index is 0.0354. The molecular weight excluding hydrogens is 264 g/mol. The van der Waals surface area contributed by atoms with Crippen LogP contribution in [0.15, 0.2) is 0 Å². The van der Waals surface area contributed by atoms with E-state index in [9.17, 15) is 14.4 Å². The van der Waals surface area contributed by atoms with Crippen molar-refractivity contribution in [1.29, 1.82) is 0 Å². The van der Waals surface area contributed by atoms with E-state index in [0.29, 0.717) is 19.4 Å². The molecule has 0 unspecified atom stereocenters. The highest BCUT2D eigenvalue weighted by molar-refractivity contribution is 6.06. The Balaban J connectivity index is 4.01. The molecule has 0 saturated heterocycles. The molecule has 0 fully saturated rings. The van der Waals surface area contributed by atoms with Crippen molar-refractivity contribution in [3.8, 4) is 0 Å². The van der Waals surface area contributed by atoms with Gasteiger partial charge < -0.3 is 20.9 Å². The number of carbonyl (C=O) groups excluding carboxylic acids is 2. The van der Waals surface area contributed by atoms with Gasteiger partial charge >= 0.3 is 12.1 Å². The first kappa shape index (κ1) is 18.4. The summed E-state index contributed by atoms with van der Waals surface area (Å²) in [5, 5.41) is 11.5. The largest absolute Gasteiger partial charge is 0.480 e. The van der Waals surface area contributed by atoms with E-state index in [4.69, 9.17) is 15.6 Å². The van der Waals surface area contributed by atoms with Crippen molar-refractivity contribution < 1.29 is 24.2 Å². The number of carbonyl (C=O) groups is 3. The van der Waals surface area contributed by atoms with Crippen LogP contribution in [0, 0.1) is 0 Å². The highest BCUT2D eigenvalue weighted by atomic mass is 16.6. The van der Waals surface area contributed by atoms with E-state index in [1.54, 1.807) is 20.8 Å². The zero-order chi connectivity index (χ0) is 16.0. The van der Waals surface area contributed by atoms with Gasteiger partial charge in [0.15, 0.2) is 11.3 Å². The van der Waals surface area contributed by atoms with Crippen LogP contribution >= 0.6 is 0 Å². The summed E-state index contributed by atoms with van der Waals surface area (Å²) in [5.41, 5.74) is 3.15. The monoisotopic (exact) mass is 288 g/mol. The average molecular weight is 288 g/mol. The van der Waals surface area contributed by atoms with Gasteiger partial charge in [0.2, 0.25) is 0 Å². The summed E-state index contributed by atoms with van der Waals surface area (Å²) >= 11 is 0. The Morgan fingerprint density at radius 2 is 1.75 bits per heavy atom. The van der Waals surface area contributed by atoms with E-state index in [-0.39, 0.29) is 6.42 Å². The number of alkyl carbamates (subject to hydrolysis) is 1. The molecule has 0 aromatic rings. The molecule has 0 aliphatic rings. The van der Waals surface area contributed by atoms with Gasteiger partial charge in [0.05, 0.1) is 0 Å². The minimum Gasteiger partial charge on any atom is -0.480 e. The Hall–Kier alpha value is -1.63. The Kier molecular flexibility index (Phi) is 6.64. The van der Waals surface area contributed by atoms with Crippen LogP contribution in [0.25, 0.3) is 0 Å². The molecule has 0 bridgehead atoms. The zero-order valence-electron chi connectivity index (χ0n) is 12.5. The molecular formula is C13H24N2O5. The van der Waals surface area contributed by atoms with Crippen LogP contribution in [0.2, 0.25) is 0 Å².